The molecule has 0 radical (unpaired) electrons. The Morgan fingerprint density at radius 3 is 2.27 bits per heavy atom. The lowest BCUT2D eigenvalue weighted by molar-refractivity contribution is 0.0981. The predicted octanol–water partition coefficient (Wildman–Crippen LogP) is 4.23. The Balaban J connectivity index is 1.80. The van der Waals surface area contributed by atoms with Crippen molar-refractivity contribution in [2.75, 3.05) is 6.26 Å². The summed E-state index contributed by atoms with van der Waals surface area (Å²) in [5, 5.41) is 9.90. The Kier molecular flexibility index (Phi) is 7.29. The SMILES string of the molecule is CSc1nc(-c2ccc(S(=O)(=O)NC(=O)c3ccccc3)cc2)n(-c2ccc(C)c(C)c2)c(=O)c1C#N. The summed E-state index contributed by atoms with van der Waals surface area (Å²) in [6.07, 6.45) is 1.72. The second kappa shape index (κ2) is 10.4. The molecule has 8 nitrogen and oxygen atoms in total. The Bertz CT molecular complexity index is 1710. The maximum Gasteiger partial charge on any atom is 0.277 e. The van der Waals surface area contributed by atoms with Crippen molar-refractivity contribution in [3.8, 4) is 23.1 Å². The highest BCUT2D eigenvalue weighted by molar-refractivity contribution is 7.98. The van der Waals surface area contributed by atoms with Gasteiger partial charge in [-0.15, -0.1) is 11.8 Å². The quantitative estimate of drug-likeness (QED) is 0.292. The molecule has 0 aliphatic heterocycles. The van der Waals surface area contributed by atoms with Crippen LogP contribution in [0.25, 0.3) is 17.1 Å². The first-order valence-electron chi connectivity index (χ1n) is 11.1. The molecule has 37 heavy (non-hydrogen) atoms. The molecule has 0 saturated carbocycles. The summed E-state index contributed by atoms with van der Waals surface area (Å²) < 4.78 is 29.0. The number of nitrogens with one attached hydrogen (secondary N) is 1. The maximum absolute atomic E-state index is 13.4. The van der Waals surface area contributed by atoms with Crippen molar-refractivity contribution in [1.82, 2.24) is 14.3 Å². The van der Waals surface area contributed by atoms with Crippen LogP contribution >= 0.6 is 11.8 Å². The van der Waals surface area contributed by atoms with Crippen LogP contribution in [0.2, 0.25) is 0 Å². The van der Waals surface area contributed by atoms with Crippen LogP contribution in [0.4, 0.5) is 0 Å². The number of aromatic nitrogens is 2. The van der Waals surface area contributed by atoms with E-state index in [1.165, 1.54) is 52.7 Å². The zero-order valence-electron chi connectivity index (χ0n) is 20.2. The van der Waals surface area contributed by atoms with Crippen molar-refractivity contribution in [2.45, 2.75) is 23.8 Å². The third-order valence-corrected chi connectivity index (χ3v) is 7.82. The van der Waals surface area contributed by atoms with Crippen molar-refractivity contribution in [3.05, 3.63) is 105 Å². The summed E-state index contributed by atoms with van der Waals surface area (Å²) in [5.74, 6) is -0.486. The monoisotopic (exact) mass is 530 g/mol. The van der Waals surface area contributed by atoms with Crippen LogP contribution in [0, 0.1) is 25.2 Å². The van der Waals surface area contributed by atoms with Crippen molar-refractivity contribution in [3.63, 3.8) is 0 Å². The van der Waals surface area contributed by atoms with E-state index in [1.807, 2.05) is 32.0 Å². The standard InChI is InChI=1S/C27H22N4O4S2/c1-17-9-12-21(15-18(17)2)31-24(29-26(36-3)23(16-28)27(31)33)19-10-13-22(14-11-19)37(34,35)30-25(32)20-7-5-4-6-8-20/h4-15H,1-3H3,(H,30,32). The molecule has 0 atom stereocenters. The summed E-state index contributed by atoms with van der Waals surface area (Å²) in [4.78, 5) is 30.2. The number of carbonyl (C=O) groups excluding carboxylic acids is 1. The number of benzene rings is 3. The van der Waals surface area contributed by atoms with E-state index in [1.54, 1.807) is 30.5 Å². The lowest BCUT2D eigenvalue weighted by Gasteiger charge is -2.16. The molecule has 186 valence electrons. The minimum absolute atomic E-state index is 0.0719. The predicted molar refractivity (Wildman–Crippen MR) is 142 cm³/mol. The van der Waals surface area contributed by atoms with Gasteiger partial charge in [-0.25, -0.2) is 18.1 Å². The van der Waals surface area contributed by atoms with E-state index in [2.05, 4.69) is 9.71 Å². The molecule has 0 aliphatic rings. The molecule has 4 rings (SSSR count). The number of amides is 1. The van der Waals surface area contributed by atoms with Gasteiger partial charge in [-0.2, -0.15) is 5.26 Å². The van der Waals surface area contributed by atoms with Gasteiger partial charge < -0.3 is 0 Å². The van der Waals surface area contributed by atoms with E-state index < -0.39 is 21.5 Å². The average Bonchev–Trinajstić information content (AvgIpc) is 2.90. The second-order valence-corrected chi connectivity index (χ2v) is 10.6. The molecule has 10 heteroatoms. The second-order valence-electron chi connectivity index (χ2n) is 8.17. The van der Waals surface area contributed by atoms with Gasteiger partial charge in [-0.3, -0.25) is 14.2 Å². The van der Waals surface area contributed by atoms with E-state index in [4.69, 9.17) is 0 Å². The highest BCUT2D eigenvalue weighted by Crippen LogP contribution is 2.26. The molecule has 0 spiro atoms. The van der Waals surface area contributed by atoms with E-state index >= 15 is 0 Å². The van der Waals surface area contributed by atoms with Crippen molar-refractivity contribution in [2.24, 2.45) is 0 Å². The summed E-state index contributed by atoms with van der Waals surface area (Å²) >= 11 is 1.17. The zero-order valence-corrected chi connectivity index (χ0v) is 21.9. The number of nitriles is 1. The summed E-state index contributed by atoms with van der Waals surface area (Å²) in [5.41, 5.74) is 2.61. The maximum atomic E-state index is 13.4. The van der Waals surface area contributed by atoms with Gasteiger partial charge in [0.2, 0.25) is 0 Å². The number of carbonyl (C=O) groups is 1. The molecule has 0 saturated heterocycles. The van der Waals surface area contributed by atoms with Gasteiger partial charge >= 0.3 is 0 Å². The molecule has 4 aromatic rings. The van der Waals surface area contributed by atoms with E-state index in [0.29, 0.717) is 11.3 Å². The zero-order chi connectivity index (χ0) is 26.7. The molecule has 1 heterocycles. The van der Waals surface area contributed by atoms with Gasteiger partial charge in [0.1, 0.15) is 22.5 Å². The number of nitrogens with zero attached hydrogens (tertiary/aromatic N) is 3. The van der Waals surface area contributed by atoms with Crippen LogP contribution in [-0.2, 0) is 10.0 Å². The van der Waals surface area contributed by atoms with Gasteiger partial charge in [0.05, 0.1) is 10.6 Å². The van der Waals surface area contributed by atoms with Crippen LogP contribution in [0.15, 0.2) is 87.5 Å². The minimum atomic E-state index is -4.15. The van der Waals surface area contributed by atoms with E-state index in [-0.39, 0.29) is 26.9 Å². The highest BCUT2D eigenvalue weighted by Gasteiger charge is 2.22. The molecule has 1 N–H and O–H groups in total. The molecule has 0 bridgehead atoms. The van der Waals surface area contributed by atoms with Gasteiger partial charge in [0.25, 0.3) is 21.5 Å². The molecule has 0 unspecified atom stereocenters. The third-order valence-electron chi connectivity index (χ3n) is 5.79. The Morgan fingerprint density at radius 2 is 1.68 bits per heavy atom. The first-order valence-corrected chi connectivity index (χ1v) is 13.8. The molecule has 0 fully saturated rings. The van der Waals surface area contributed by atoms with Gasteiger partial charge in [-0.05, 0) is 79.8 Å². The molecular weight excluding hydrogens is 508 g/mol. The van der Waals surface area contributed by atoms with Crippen molar-refractivity contribution < 1.29 is 13.2 Å². The molecule has 0 aliphatic carbocycles. The van der Waals surface area contributed by atoms with Crippen LogP contribution < -0.4 is 10.3 Å². The number of rotatable bonds is 6. The van der Waals surface area contributed by atoms with Crippen molar-refractivity contribution >= 4 is 27.7 Å². The summed E-state index contributed by atoms with van der Waals surface area (Å²) in [6.45, 7) is 3.87. The van der Waals surface area contributed by atoms with Crippen LogP contribution in [-0.4, -0.2) is 30.1 Å². The summed E-state index contributed by atoms with van der Waals surface area (Å²) in [6, 6.07) is 21.2. The molecular formula is C27H22N4O4S2. The van der Waals surface area contributed by atoms with Crippen LogP contribution in [0.3, 0.4) is 0 Å². The van der Waals surface area contributed by atoms with Gasteiger partial charge in [-0.1, -0.05) is 24.3 Å². The number of hydrogen-bond acceptors (Lipinski definition) is 7. The third kappa shape index (κ3) is 5.18. The molecule has 3 aromatic carbocycles. The van der Waals surface area contributed by atoms with E-state index in [0.717, 1.165) is 11.1 Å². The number of hydrogen-bond donors (Lipinski definition) is 1. The smallest absolute Gasteiger partial charge is 0.268 e. The fourth-order valence-electron chi connectivity index (χ4n) is 3.66. The molecule has 1 amide bonds. The van der Waals surface area contributed by atoms with Gasteiger partial charge in [0, 0.05) is 11.1 Å². The highest BCUT2D eigenvalue weighted by atomic mass is 32.2. The van der Waals surface area contributed by atoms with Crippen LogP contribution in [0.1, 0.15) is 27.0 Å². The first-order chi connectivity index (χ1) is 17.7. The van der Waals surface area contributed by atoms with E-state index in [9.17, 15) is 23.3 Å². The average molecular weight is 531 g/mol. The summed E-state index contributed by atoms with van der Waals surface area (Å²) in [7, 11) is -4.15. The van der Waals surface area contributed by atoms with Crippen LogP contribution in [0.5, 0.6) is 0 Å². The number of sulfonamides is 1. The topological polar surface area (TPSA) is 122 Å². The lowest BCUT2D eigenvalue weighted by Crippen LogP contribution is -2.30. The number of thioether (sulfide) groups is 1. The Morgan fingerprint density at radius 1 is 1.00 bits per heavy atom. The normalized spacial score (nSPS) is 11.1. The van der Waals surface area contributed by atoms with Gasteiger partial charge in [0.15, 0.2) is 0 Å². The Labute approximate surface area is 218 Å². The fourth-order valence-corrected chi connectivity index (χ4v) is 5.14. The largest absolute Gasteiger partial charge is 0.277 e. The fraction of sp³-hybridized carbons (Fsp3) is 0.111. The first kappa shape index (κ1) is 25.9. The number of aryl methyl sites for hydroxylation is 2. The van der Waals surface area contributed by atoms with Crippen molar-refractivity contribution in [1.29, 1.82) is 5.26 Å². The molecule has 1 aromatic heterocycles. The Hall–Kier alpha value is -4.20. The lowest BCUT2D eigenvalue weighted by atomic mass is 10.1. The minimum Gasteiger partial charge on any atom is -0.268 e.